The molecule has 0 radical (unpaired) electrons. The molecule has 0 spiro atoms. The van der Waals surface area contributed by atoms with Crippen LogP contribution >= 0.6 is 23.2 Å². The van der Waals surface area contributed by atoms with E-state index in [0.29, 0.717) is 0 Å². The Hall–Kier alpha value is 0.540. The maximum Gasteiger partial charge on any atom is 0.122 e. The fourth-order valence-corrected chi connectivity index (χ4v) is 0.676. The minimum atomic E-state index is -0.287. The predicted molar refractivity (Wildman–Crippen MR) is 38.6 cm³/mol. The van der Waals surface area contributed by atoms with E-state index in [0.717, 1.165) is 0 Å². The van der Waals surface area contributed by atoms with Gasteiger partial charge in [-0.3, -0.25) is 0 Å². The van der Waals surface area contributed by atoms with Crippen molar-refractivity contribution in [3.05, 3.63) is 0 Å². The zero-order valence-corrected chi connectivity index (χ0v) is 6.87. The molecule has 1 nitrogen and oxygen atoms in total. The van der Waals surface area contributed by atoms with Crippen LogP contribution in [0, 0.1) is 0 Å². The smallest absolute Gasteiger partial charge is 0.122 e. The molecule has 50 valence electrons. The zero-order chi connectivity index (χ0) is 6.73. The molecule has 8 heavy (non-hydrogen) atoms. The maximum atomic E-state index is 5.55. The molecule has 0 aliphatic heterocycles. The molecule has 1 atom stereocenters. The maximum absolute atomic E-state index is 5.55. The van der Waals surface area contributed by atoms with E-state index in [-0.39, 0.29) is 10.9 Å². The van der Waals surface area contributed by atoms with Crippen LogP contribution in [0.4, 0.5) is 0 Å². The van der Waals surface area contributed by atoms with Gasteiger partial charge in [-0.05, 0) is 21.0 Å². The summed E-state index contributed by atoms with van der Waals surface area (Å²) in [6.45, 7) is 1.98. The highest BCUT2D eigenvalue weighted by atomic mass is 35.5. The van der Waals surface area contributed by atoms with Gasteiger partial charge in [0.15, 0.2) is 0 Å². The Bertz CT molecular complexity index is 55.4. The Labute approximate surface area is 60.6 Å². The SMILES string of the molecule is CC(C(Cl)Cl)N(C)C. The molecular weight excluding hydrogens is 145 g/mol. The summed E-state index contributed by atoms with van der Waals surface area (Å²) < 4.78 is 0. The minimum Gasteiger partial charge on any atom is -0.304 e. The van der Waals surface area contributed by atoms with E-state index in [1.165, 1.54) is 0 Å². The molecule has 0 heterocycles. The van der Waals surface area contributed by atoms with Crippen LogP contribution in [0.3, 0.4) is 0 Å². The van der Waals surface area contributed by atoms with E-state index in [1.807, 2.05) is 25.9 Å². The molecule has 0 amide bonds. The molecule has 0 aliphatic rings. The topological polar surface area (TPSA) is 3.24 Å². The lowest BCUT2D eigenvalue weighted by atomic mass is 10.4. The van der Waals surface area contributed by atoms with Crippen LogP contribution in [0.15, 0.2) is 0 Å². The van der Waals surface area contributed by atoms with E-state index in [2.05, 4.69) is 0 Å². The van der Waals surface area contributed by atoms with Gasteiger partial charge in [0.1, 0.15) is 4.84 Å². The fraction of sp³-hybridized carbons (Fsp3) is 1.00. The van der Waals surface area contributed by atoms with Gasteiger partial charge < -0.3 is 4.90 Å². The first kappa shape index (κ1) is 8.54. The molecule has 3 heteroatoms. The summed E-state index contributed by atoms with van der Waals surface area (Å²) in [4.78, 5) is 1.69. The van der Waals surface area contributed by atoms with Crippen LogP contribution in [0.2, 0.25) is 0 Å². The van der Waals surface area contributed by atoms with Gasteiger partial charge in [0.2, 0.25) is 0 Å². The van der Waals surface area contributed by atoms with Crippen LogP contribution in [0.1, 0.15) is 6.92 Å². The predicted octanol–water partition coefficient (Wildman–Crippen LogP) is 1.74. The van der Waals surface area contributed by atoms with E-state index in [4.69, 9.17) is 23.2 Å². The van der Waals surface area contributed by atoms with Crippen molar-refractivity contribution in [1.82, 2.24) is 4.90 Å². The van der Waals surface area contributed by atoms with Crippen molar-refractivity contribution >= 4 is 23.2 Å². The number of halogens is 2. The number of rotatable bonds is 2. The monoisotopic (exact) mass is 155 g/mol. The standard InChI is InChI=1S/C5H11Cl2N/c1-4(5(6)7)8(2)3/h4-5H,1-3H3. The second kappa shape index (κ2) is 3.54. The molecule has 0 saturated heterocycles. The average molecular weight is 156 g/mol. The molecular formula is C5H11Cl2N. The first-order chi connectivity index (χ1) is 3.55. The van der Waals surface area contributed by atoms with E-state index >= 15 is 0 Å². The Balaban J connectivity index is 3.46. The molecule has 0 saturated carbocycles. The lowest BCUT2D eigenvalue weighted by Crippen LogP contribution is -2.30. The van der Waals surface area contributed by atoms with E-state index in [9.17, 15) is 0 Å². The number of alkyl halides is 2. The second-order valence-electron chi connectivity index (χ2n) is 2.04. The summed E-state index contributed by atoms with van der Waals surface area (Å²) in [6, 6.07) is 0.235. The number of nitrogens with zero attached hydrogens (tertiary/aromatic N) is 1. The quantitative estimate of drug-likeness (QED) is 0.550. The highest BCUT2D eigenvalue weighted by molar-refractivity contribution is 6.44. The Kier molecular flexibility index (Phi) is 3.78. The number of hydrogen-bond donors (Lipinski definition) is 0. The highest BCUT2D eigenvalue weighted by Gasteiger charge is 2.11. The second-order valence-corrected chi connectivity index (χ2v) is 3.20. The van der Waals surface area contributed by atoms with Crippen LogP contribution in [-0.4, -0.2) is 29.9 Å². The molecule has 0 aliphatic carbocycles. The van der Waals surface area contributed by atoms with Crippen LogP contribution in [0.25, 0.3) is 0 Å². The van der Waals surface area contributed by atoms with Gasteiger partial charge in [0.05, 0.1) is 0 Å². The van der Waals surface area contributed by atoms with Crippen LogP contribution < -0.4 is 0 Å². The summed E-state index contributed by atoms with van der Waals surface area (Å²) in [6.07, 6.45) is 0. The third-order valence-electron chi connectivity index (χ3n) is 1.18. The van der Waals surface area contributed by atoms with Crippen molar-refractivity contribution in [2.75, 3.05) is 14.1 Å². The van der Waals surface area contributed by atoms with Gasteiger partial charge in [-0.25, -0.2) is 0 Å². The van der Waals surface area contributed by atoms with E-state index < -0.39 is 0 Å². The van der Waals surface area contributed by atoms with Gasteiger partial charge in [-0.15, -0.1) is 23.2 Å². The van der Waals surface area contributed by atoms with Crippen molar-refractivity contribution in [2.45, 2.75) is 17.8 Å². The summed E-state index contributed by atoms with van der Waals surface area (Å²) in [5.74, 6) is 0. The summed E-state index contributed by atoms with van der Waals surface area (Å²) >= 11 is 11.1. The molecule has 0 aromatic rings. The van der Waals surface area contributed by atoms with Crippen LogP contribution in [-0.2, 0) is 0 Å². The van der Waals surface area contributed by atoms with Gasteiger partial charge >= 0.3 is 0 Å². The van der Waals surface area contributed by atoms with Gasteiger partial charge in [-0.2, -0.15) is 0 Å². The first-order valence-corrected chi connectivity index (χ1v) is 3.37. The van der Waals surface area contributed by atoms with E-state index in [1.54, 1.807) is 0 Å². The third kappa shape index (κ3) is 2.75. The lowest BCUT2D eigenvalue weighted by molar-refractivity contribution is 0.328. The van der Waals surface area contributed by atoms with Crippen molar-refractivity contribution in [2.24, 2.45) is 0 Å². The van der Waals surface area contributed by atoms with Crippen molar-refractivity contribution in [3.63, 3.8) is 0 Å². The largest absolute Gasteiger partial charge is 0.304 e. The van der Waals surface area contributed by atoms with Crippen molar-refractivity contribution in [1.29, 1.82) is 0 Å². The third-order valence-corrected chi connectivity index (χ3v) is 1.91. The Morgan fingerprint density at radius 1 is 1.25 bits per heavy atom. The summed E-state index contributed by atoms with van der Waals surface area (Å²) in [7, 11) is 3.89. The van der Waals surface area contributed by atoms with Gasteiger partial charge in [-0.1, -0.05) is 0 Å². The minimum absolute atomic E-state index is 0.235. The van der Waals surface area contributed by atoms with Gasteiger partial charge in [0, 0.05) is 6.04 Å². The summed E-state index contributed by atoms with van der Waals surface area (Å²) in [5.41, 5.74) is 0. The Morgan fingerprint density at radius 2 is 1.62 bits per heavy atom. The van der Waals surface area contributed by atoms with Crippen molar-refractivity contribution < 1.29 is 0 Å². The first-order valence-electron chi connectivity index (χ1n) is 2.50. The molecule has 0 rings (SSSR count). The van der Waals surface area contributed by atoms with Crippen LogP contribution in [0.5, 0.6) is 0 Å². The Morgan fingerprint density at radius 3 is 1.62 bits per heavy atom. The average Bonchev–Trinajstić information content (AvgIpc) is 1.64. The molecule has 0 aromatic heterocycles. The fourth-order valence-electron chi connectivity index (χ4n) is 0.225. The van der Waals surface area contributed by atoms with Gasteiger partial charge in [0.25, 0.3) is 0 Å². The highest BCUT2D eigenvalue weighted by Crippen LogP contribution is 2.10. The molecule has 0 bridgehead atoms. The molecule has 0 aromatic carbocycles. The number of hydrogen-bond acceptors (Lipinski definition) is 1. The molecule has 1 unspecified atom stereocenters. The van der Waals surface area contributed by atoms with Crippen molar-refractivity contribution in [3.8, 4) is 0 Å². The normalized spacial score (nSPS) is 15.4. The molecule has 0 N–H and O–H groups in total. The summed E-state index contributed by atoms with van der Waals surface area (Å²) in [5, 5.41) is 0. The molecule has 0 fully saturated rings. The zero-order valence-electron chi connectivity index (χ0n) is 5.36. The lowest BCUT2D eigenvalue weighted by Gasteiger charge is -2.19.